The Morgan fingerprint density at radius 3 is 2.55 bits per heavy atom. The van der Waals surface area contributed by atoms with Crippen LogP contribution in [0.15, 0.2) is 30.5 Å². The van der Waals surface area contributed by atoms with Crippen molar-refractivity contribution >= 4 is 22.4 Å². The molecular formula is C23H24F3N5O2. The van der Waals surface area contributed by atoms with Gasteiger partial charge in [-0.25, -0.2) is 0 Å². The summed E-state index contributed by atoms with van der Waals surface area (Å²) >= 11 is 0. The molecule has 2 unspecified atom stereocenters. The number of nitrogens with one attached hydrogen (secondary N) is 1. The number of anilines is 2. The van der Waals surface area contributed by atoms with Crippen LogP contribution >= 0.6 is 0 Å². The maximum absolute atomic E-state index is 13.2. The van der Waals surface area contributed by atoms with Crippen LogP contribution in [0.2, 0.25) is 0 Å². The molecule has 0 spiro atoms. The van der Waals surface area contributed by atoms with Gasteiger partial charge in [-0.3, -0.25) is 4.98 Å². The molecule has 4 heterocycles. The minimum Gasteiger partial charge on any atom is -0.508 e. The van der Waals surface area contributed by atoms with E-state index in [2.05, 4.69) is 25.4 Å². The Balaban J connectivity index is 1.51. The summed E-state index contributed by atoms with van der Waals surface area (Å²) in [6, 6.07) is 5.11. The molecule has 2 N–H and O–H groups in total. The third kappa shape index (κ3) is 4.03. The Morgan fingerprint density at radius 1 is 1.12 bits per heavy atom. The van der Waals surface area contributed by atoms with E-state index in [1.165, 1.54) is 6.07 Å². The lowest BCUT2D eigenvalue weighted by Crippen LogP contribution is -2.45. The van der Waals surface area contributed by atoms with Gasteiger partial charge in [0.25, 0.3) is 0 Å². The first-order chi connectivity index (χ1) is 15.7. The molecule has 0 saturated carbocycles. The fourth-order valence-corrected chi connectivity index (χ4v) is 4.78. The topological polar surface area (TPSA) is 83.4 Å². The number of fused-ring (bicyclic) bond motifs is 3. The van der Waals surface area contributed by atoms with E-state index in [1.807, 2.05) is 19.2 Å². The molecular weight excluding hydrogens is 435 g/mol. The number of aryl methyl sites for hydroxylation is 1. The quantitative estimate of drug-likeness (QED) is 0.590. The van der Waals surface area contributed by atoms with E-state index in [9.17, 15) is 18.3 Å². The van der Waals surface area contributed by atoms with E-state index in [4.69, 9.17) is 4.74 Å². The van der Waals surface area contributed by atoms with Gasteiger partial charge in [0, 0.05) is 5.39 Å². The summed E-state index contributed by atoms with van der Waals surface area (Å²) in [5.74, 6) is -0.0185. The van der Waals surface area contributed by atoms with Crippen molar-refractivity contribution in [2.75, 3.05) is 23.4 Å². The van der Waals surface area contributed by atoms with Crippen LogP contribution < -0.4 is 10.2 Å². The zero-order valence-electron chi connectivity index (χ0n) is 18.2. The van der Waals surface area contributed by atoms with Crippen LogP contribution in [0.5, 0.6) is 5.75 Å². The lowest BCUT2D eigenvalue weighted by atomic mass is 10.0. The maximum Gasteiger partial charge on any atom is 0.416 e. The van der Waals surface area contributed by atoms with E-state index >= 15 is 0 Å². The van der Waals surface area contributed by atoms with E-state index in [-0.39, 0.29) is 5.56 Å². The highest BCUT2D eigenvalue weighted by Gasteiger charge is 2.38. The van der Waals surface area contributed by atoms with Crippen molar-refractivity contribution in [1.29, 1.82) is 0 Å². The molecule has 7 nitrogen and oxygen atoms in total. The van der Waals surface area contributed by atoms with E-state index < -0.39 is 23.5 Å². The van der Waals surface area contributed by atoms with Crippen LogP contribution in [0.4, 0.5) is 24.7 Å². The normalized spacial score (nSPS) is 21.4. The average molecular weight is 459 g/mol. The van der Waals surface area contributed by atoms with Crippen LogP contribution in [0.1, 0.15) is 42.6 Å². The number of phenolic OH excluding ortho intramolecular Hbond substituents is 1. The predicted octanol–water partition coefficient (Wildman–Crippen LogP) is 4.60. The van der Waals surface area contributed by atoms with Crippen molar-refractivity contribution in [2.45, 2.75) is 51.0 Å². The van der Waals surface area contributed by atoms with Gasteiger partial charge in [0.15, 0.2) is 5.82 Å². The number of benzene rings is 1. The largest absolute Gasteiger partial charge is 0.508 e. The van der Waals surface area contributed by atoms with Crippen molar-refractivity contribution < 1.29 is 23.0 Å². The van der Waals surface area contributed by atoms with Gasteiger partial charge in [-0.05, 0) is 56.5 Å². The highest BCUT2D eigenvalue weighted by atomic mass is 19.4. The molecule has 3 aromatic rings. The third-order valence-corrected chi connectivity index (χ3v) is 6.43. The molecule has 3 atom stereocenters. The molecule has 2 bridgehead atoms. The molecule has 1 aromatic carbocycles. The minimum absolute atomic E-state index is 0.285. The van der Waals surface area contributed by atoms with Gasteiger partial charge in [0.1, 0.15) is 5.75 Å². The molecule has 2 aliphatic rings. The minimum atomic E-state index is -4.56. The lowest BCUT2D eigenvalue weighted by Gasteiger charge is -2.36. The molecule has 0 aliphatic carbocycles. The standard InChI is InChI=1S/C23H24F3N5O2/c1-12(14-5-15(23(24,25)26)7-19(32)6-14)28-22-20-8-18(9-27-21(20)13(2)29-30-22)31-16-3-4-17(31)11-33-10-16/h5-9,12,16-17,32H,3-4,10-11H2,1-2H3,(H,28,30)/t12-,16?,17?/m1/s1. The summed E-state index contributed by atoms with van der Waals surface area (Å²) in [7, 11) is 0. The number of nitrogens with zero attached hydrogens (tertiary/aromatic N) is 4. The monoisotopic (exact) mass is 459 g/mol. The smallest absolute Gasteiger partial charge is 0.416 e. The van der Waals surface area contributed by atoms with E-state index in [0.717, 1.165) is 30.0 Å². The van der Waals surface area contributed by atoms with Gasteiger partial charge < -0.3 is 20.1 Å². The van der Waals surface area contributed by atoms with Crippen molar-refractivity contribution in [3.63, 3.8) is 0 Å². The number of morpholine rings is 1. The number of phenols is 1. The molecule has 2 aromatic heterocycles. The van der Waals surface area contributed by atoms with Crippen molar-refractivity contribution in [3.8, 4) is 5.75 Å². The number of alkyl halides is 3. The number of rotatable bonds is 4. The average Bonchev–Trinajstić information content (AvgIpc) is 3.02. The molecule has 0 amide bonds. The summed E-state index contributed by atoms with van der Waals surface area (Å²) in [4.78, 5) is 6.99. The Kier molecular flexibility index (Phi) is 5.27. The SMILES string of the molecule is Cc1nnc(N[C@H](C)c2cc(O)cc(C(F)(F)F)c2)c2cc(N3C4CCC3COC4)cnc12. The Bertz CT molecular complexity index is 1190. The number of aromatic nitrogens is 3. The first-order valence-corrected chi connectivity index (χ1v) is 10.9. The number of pyridine rings is 1. The zero-order chi connectivity index (χ0) is 23.3. The van der Waals surface area contributed by atoms with Gasteiger partial charge >= 0.3 is 6.18 Å². The van der Waals surface area contributed by atoms with Gasteiger partial charge in [-0.2, -0.15) is 18.3 Å². The second kappa shape index (κ2) is 8.02. The van der Waals surface area contributed by atoms with Crippen molar-refractivity contribution in [2.24, 2.45) is 0 Å². The summed E-state index contributed by atoms with van der Waals surface area (Å²) < 4.78 is 45.3. The Morgan fingerprint density at radius 2 is 1.85 bits per heavy atom. The molecule has 33 heavy (non-hydrogen) atoms. The first-order valence-electron chi connectivity index (χ1n) is 10.9. The molecule has 5 rings (SSSR count). The number of hydrogen-bond acceptors (Lipinski definition) is 7. The van der Waals surface area contributed by atoms with Crippen LogP contribution in [0.25, 0.3) is 10.9 Å². The van der Waals surface area contributed by atoms with Crippen LogP contribution in [0, 0.1) is 6.92 Å². The maximum atomic E-state index is 13.2. The van der Waals surface area contributed by atoms with E-state index in [0.29, 0.717) is 48.4 Å². The Labute approximate surface area is 188 Å². The summed E-state index contributed by atoms with van der Waals surface area (Å²) in [5, 5.41) is 22.2. The highest BCUT2D eigenvalue weighted by Crippen LogP contribution is 2.37. The summed E-state index contributed by atoms with van der Waals surface area (Å²) in [6.07, 6.45) is -0.583. The van der Waals surface area contributed by atoms with E-state index in [1.54, 1.807) is 6.92 Å². The van der Waals surface area contributed by atoms with Crippen molar-refractivity contribution in [3.05, 3.63) is 47.3 Å². The zero-order valence-corrected chi connectivity index (χ0v) is 18.2. The third-order valence-electron chi connectivity index (χ3n) is 6.43. The number of hydrogen-bond donors (Lipinski definition) is 2. The summed E-state index contributed by atoms with van der Waals surface area (Å²) in [6.45, 7) is 4.90. The lowest BCUT2D eigenvalue weighted by molar-refractivity contribution is -0.137. The predicted molar refractivity (Wildman–Crippen MR) is 117 cm³/mol. The first kappa shape index (κ1) is 21.7. The number of aromatic hydroxyl groups is 1. The Hall–Kier alpha value is -3.14. The molecule has 2 aliphatic heterocycles. The summed E-state index contributed by atoms with van der Waals surface area (Å²) in [5.41, 5.74) is 1.69. The highest BCUT2D eigenvalue weighted by molar-refractivity contribution is 5.92. The molecule has 2 saturated heterocycles. The fourth-order valence-electron chi connectivity index (χ4n) is 4.78. The van der Waals surface area contributed by atoms with Crippen molar-refractivity contribution in [1.82, 2.24) is 15.2 Å². The van der Waals surface area contributed by atoms with Crippen LogP contribution in [-0.4, -0.2) is 45.6 Å². The van der Waals surface area contributed by atoms with Crippen LogP contribution in [-0.2, 0) is 10.9 Å². The molecule has 2 fully saturated rings. The molecule has 10 heteroatoms. The fraction of sp³-hybridized carbons (Fsp3) is 0.435. The van der Waals surface area contributed by atoms with Gasteiger partial charge in [0.2, 0.25) is 0 Å². The van der Waals surface area contributed by atoms with Gasteiger partial charge in [0.05, 0.1) is 60.0 Å². The number of ether oxygens (including phenoxy) is 1. The molecule has 0 radical (unpaired) electrons. The second-order valence-electron chi connectivity index (χ2n) is 8.73. The van der Waals surface area contributed by atoms with Crippen LogP contribution in [0.3, 0.4) is 0 Å². The second-order valence-corrected chi connectivity index (χ2v) is 8.73. The number of halogens is 3. The van der Waals surface area contributed by atoms with Gasteiger partial charge in [-0.1, -0.05) is 0 Å². The molecule has 174 valence electrons. The van der Waals surface area contributed by atoms with Gasteiger partial charge in [-0.15, -0.1) is 5.10 Å².